The molecule has 0 amide bonds. The van der Waals surface area contributed by atoms with Crippen molar-refractivity contribution in [3.63, 3.8) is 0 Å². The van der Waals surface area contributed by atoms with Gasteiger partial charge in [0.25, 0.3) is 0 Å². The summed E-state index contributed by atoms with van der Waals surface area (Å²) in [7, 11) is 3.40. The lowest BCUT2D eigenvalue weighted by Crippen LogP contribution is -2.54. The molecule has 0 aromatic carbocycles. The molecule has 2 fully saturated rings. The van der Waals surface area contributed by atoms with E-state index in [0.717, 1.165) is 44.1 Å². The Morgan fingerprint density at radius 3 is 2.55 bits per heavy atom. The fourth-order valence-electron chi connectivity index (χ4n) is 4.12. The molecule has 0 aromatic rings. The Labute approximate surface area is 123 Å². The van der Waals surface area contributed by atoms with Gasteiger partial charge in [-0.3, -0.25) is 4.79 Å². The number of hydrogen-bond acceptors (Lipinski definition) is 4. The van der Waals surface area contributed by atoms with Crippen LogP contribution < -0.4 is 5.32 Å². The molecule has 0 aromatic heterocycles. The zero-order chi connectivity index (χ0) is 14.8. The third-order valence-electron chi connectivity index (χ3n) is 5.67. The van der Waals surface area contributed by atoms with E-state index in [-0.39, 0.29) is 5.97 Å². The number of esters is 1. The van der Waals surface area contributed by atoms with Gasteiger partial charge in [-0.25, -0.2) is 0 Å². The lowest BCUT2D eigenvalue weighted by Gasteiger charge is -2.33. The van der Waals surface area contributed by atoms with Gasteiger partial charge in [-0.15, -0.1) is 0 Å². The first-order chi connectivity index (χ1) is 9.53. The van der Waals surface area contributed by atoms with Crippen LogP contribution in [0.3, 0.4) is 0 Å². The Kier molecular flexibility index (Phi) is 5.08. The van der Waals surface area contributed by atoms with Gasteiger partial charge >= 0.3 is 5.97 Å². The number of rotatable bonds is 5. The molecule has 0 spiro atoms. The first kappa shape index (κ1) is 15.8. The zero-order valence-corrected chi connectivity index (χ0v) is 13.4. The maximum atomic E-state index is 12.2. The van der Waals surface area contributed by atoms with Crippen LogP contribution in [0.25, 0.3) is 0 Å². The van der Waals surface area contributed by atoms with Gasteiger partial charge in [0.2, 0.25) is 0 Å². The van der Waals surface area contributed by atoms with Gasteiger partial charge in [0.05, 0.1) is 7.11 Å². The van der Waals surface area contributed by atoms with Crippen molar-refractivity contribution in [2.24, 2.45) is 17.8 Å². The second kappa shape index (κ2) is 6.44. The van der Waals surface area contributed by atoms with Gasteiger partial charge in [-0.2, -0.15) is 0 Å². The minimum absolute atomic E-state index is 0.0781. The van der Waals surface area contributed by atoms with E-state index >= 15 is 0 Å². The summed E-state index contributed by atoms with van der Waals surface area (Å²) in [6.45, 7) is 8.20. The summed E-state index contributed by atoms with van der Waals surface area (Å²) in [6, 6.07) is 0. The van der Waals surface area contributed by atoms with Crippen molar-refractivity contribution in [3.05, 3.63) is 0 Å². The molecule has 0 radical (unpaired) electrons. The summed E-state index contributed by atoms with van der Waals surface area (Å²) >= 11 is 0. The monoisotopic (exact) mass is 282 g/mol. The molecule has 1 saturated heterocycles. The van der Waals surface area contributed by atoms with E-state index < -0.39 is 5.54 Å². The minimum Gasteiger partial charge on any atom is -0.468 e. The molecule has 1 heterocycles. The second-order valence-corrected chi connectivity index (χ2v) is 6.80. The summed E-state index contributed by atoms with van der Waals surface area (Å²) in [6.07, 6.45) is 4.26. The average molecular weight is 282 g/mol. The Hall–Kier alpha value is -0.610. The van der Waals surface area contributed by atoms with Crippen molar-refractivity contribution < 1.29 is 9.53 Å². The molecule has 1 N–H and O–H groups in total. The highest BCUT2D eigenvalue weighted by Gasteiger charge is 2.48. The third kappa shape index (κ3) is 2.86. The van der Waals surface area contributed by atoms with Crippen molar-refractivity contribution >= 4 is 5.97 Å². The normalized spacial score (nSPS) is 38.3. The second-order valence-electron chi connectivity index (χ2n) is 6.80. The van der Waals surface area contributed by atoms with E-state index in [1.807, 2.05) is 7.05 Å². The molecule has 20 heavy (non-hydrogen) atoms. The van der Waals surface area contributed by atoms with Crippen LogP contribution in [-0.2, 0) is 9.53 Å². The predicted molar refractivity (Wildman–Crippen MR) is 80.5 cm³/mol. The van der Waals surface area contributed by atoms with Crippen LogP contribution in [0.1, 0.15) is 39.5 Å². The third-order valence-corrected chi connectivity index (χ3v) is 5.67. The molecule has 1 aliphatic heterocycles. The number of likely N-dealkylation sites (tertiary alicyclic amines) is 1. The van der Waals surface area contributed by atoms with Crippen molar-refractivity contribution in [3.8, 4) is 0 Å². The number of nitrogens with one attached hydrogen (secondary N) is 1. The van der Waals surface area contributed by atoms with Crippen LogP contribution >= 0.6 is 0 Å². The molecular weight excluding hydrogens is 252 g/mol. The van der Waals surface area contributed by atoms with Crippen LogP contribution in [0.4, 0.5) is 0 Å². The highest BCUT2D eigenvalue weighted by atomic mass is 16.5. The summed E-state index contributed by atoms with van der Waals surface area (Å²) < 4.78 is 5.05. The molecule has 4 unspecified atom stereocenters. The standard InChI is InChI=1S/C16H30N2O2/c1-12-10-18(11-13(12)2)9-7-14-6-5-8-16(14,17-3)15(19)20-4/h12-14,17H,5-11H2,1-4H3. The van der Waals surface area contributed by atoms with Crippen molar-refractivity contribution in [1.82, 2.24) is 10.2 Å². The predicted octanol–water partition coefficient (Wildman–Crippen LogP) is 1.90. The fourth-order valence-corrected chi connectivity index (χ4v) is 4.12. The zero-order valence-electron chi connectivity index (χ0n) is 13.4. The van der Waals surface area contributed by atoms with Crippen LogP contribution in [-0.4, -0.2) is 50.2 Å². The van der Waals surface area contributed by atoms with E-state index in [1.165, 1.54) is 20.2 Å². The molecule has 4 nitrogen and oxygen atoms in total. The topological polar surface area (TPSA) is 41.6 Å². The van der Waals surface area contributed by atoms with Gasteiger partial charge in [0.1, 0.15) is 5.54 Å². The summed E-state index contributed by atoms with van der Waals surface area (Å²) in [5.41, 5.74) is -0.439. The highest BCUT2D eigenvalue weighted by molar-refractivity contribution is 5.81. The van der Waals surface area contributed by atoms with Gasteiger partial charge in [-0.1, -0.05) is 20.3 Å². The van der Waals surface area contributed by atoms with E-state index in [2.05, 4.69) is 24.1 Å². The van der Waals surface area contributed by atoms with E-state index in [1.54, 1.807) is 0 Å². The molecule has 1 aliphatic carbocycles. The Morgan fingerprint density at radius 2 is 2.00 bits per heavy atom. The number of ether oxygens (including phenoxy) is 1. The van der Waals surface area contributed by atoms with Gasteiger partial charge in [-0.05, 0) is 50.6 Å². The minimum atomic E-state index is -0.439. The highest BCUT2D eigenvalue weighted by Crippen LogP contribution is 2.39. The quantitative estimate of drug-likeness (QED) is 0.782. The average Bonchev–Trinajstić information content (AvgIpc) is 3.00. The first-order valence-corrected chi connectivity index (χ1v) is 8.03. The van der Waals surface area contributed by atoms with Gasteiger partial charge < -0.3 is 15.0 Å². The molecule has 4 atom stereocenters. The number of carbonyl (C=O) groups excluding carboxylic acids is 1. The largest absolute Gasteiger partial charge is 0.468 e. The van der Waals surface area contributed by atoms with Crippen molar-refractivity contribution in [1.29, 1.82) is 0 Å². The summed E-state index contributed by atoms with van der Waals surface area (Å²) in [5.74, 6) is 1.93. The summed E-state index contributed by atoms with van der Waals surface area (Å²) in [5, 5.41) is 3.28. The Morgan fingerprint density at radius 1 is 1.35 bits per heavy atom. The van der Waals surface area contributed by atoms with Crippen LogP contribution in [0.5, 0.6) is 0 Å². The lowest BCUT2D eigenvalue weighted by atomic mass is 9.84. The number of carbonyl (C=O) groups is 1. The van der Waals surface area contributed by atoms with Crippen LogP contribution in [0, 0.1) is 17.8 Å². The number of hydrogen-bond donors (Lipinski definition) is 1. The first-order valence-electron chi connectivity index (χ1n) is 8.03. The van der Waals surface area contributed by atoms with Gasteiger partial charge in [0, 0.05) is 13.1 Å². The molecule has 2 aliphatic rings. The van der Waals surface area contributed by atoms with Crippen LogP contribution in [0.15, 0.2) is 0 Å². The fraction of sp³-hybridized carbons (Fsp3) is 0.938. The maximum absolute atomic E-state index is 12.2. The van der Waals surface area contributed by atoms with Crippen molar-refractivity contribution in [2.75, 3.05) is 33.8 Å². The lowest BCUT2D eigenvalue weighted by molar-refractivity contribution is -0.150. The van der Waals surface area contributed by atoms with Crippen molar-refractivity contribution in [2.45, 2.75) is 45.1 Å². The molecule has 116 valence electrons. The van der Waals surface area contributed by atoms with E-state index in [4.69, 9.17) is 4.74 Å². The Balaban J connectivity index is 1.93. The number of nitrogens with zero attached hydrogens (tertiary/aromatic N) is 1. The Bertz CT molecular complexity index is 337. The smallest absolute Gasteiger partial charge is 0.326 e. The molecule has 2 rings (SSSR count). The van der Waals surface area contributed by atoms with Gasteiger partial charge in [0.15, 0.2) is 0 Å². The summed E-state index contributed by atoms with van der Waals surface area (Å²) in [4.78, 5) is 14.7. The number of methoxy groups -OCH3 is 1. The maximum Gasteiger partial charge on any atom is 0.326 e. The van der Waals surface area contributed by atoms with E-state index in [0.29, 0.717) is 5.92 Å². The molecular formula is C16H30N2O2. The van der Waals surface area contributed by atoms with E-state index in [9.17, 15) is 4.79 Å². The molecule has 0 bridgehead atoms. The molecule has 1 saturated carbocycles. The SMILES string of the molecule is CNC1(C(=O)OC)CCCC1CCN1CC(C)C(C)C1. The molecule has 4 heteroatoms. The van der Waals surface area contributed by atoms with Crippen LogP contribution in [0.2, 0.25) is 0 Å². The number of likely N-dealkylation sites (N-methyl/N-ethyl adjacent to an activating group) is 1.